The molecule has 2 nitrogen and oxygen atoms in total. The van der Waals surface area contributed by atoms with Crippen LogP contribution in [-0.2, 0) is 0 Å². The van der Waals surface area contributed by atoms with E-state index in [1.807, 2.05) is 0 Å². The highest BCUT2D eigenvalue weighted by atomic mass is 15.3. The molecule has 4 aliphatic rings. The number of unbranched alkanes of at least 4 members (excludes halogenated alkanes) is 6. The molecule has 3 aliphatic heterocycles. The number of piperidine rings is 2. The molecule has 0 unspecified atom stereocenters. The molecule has 0 aromatic carbocycles. The summed E-state index contributed by atoms with van der Waals surface area (Å²) in [6.07, 6.45) is 14.8. The number of fused-ring (bicyclic) bond motifs is 1. The maximum absolute atomic E-state index is 7.00. The van der Waals surface area contributed by atoms with E-state index in [-0.39, 0.29) is 0 Å². The van der Waals surface area contributed by atoms with E-state index in [0.29, 0.717) is 11.5 Å². The van der Waals surface area contributed by atoms with Gasteiger partial charge in [0.25, 0.3) is 0 Å². The predicted molar refractivity (Wildman–Crippen MR) is 118 cm³/mol. The van der Waals surface area contributed by atoms with Gasteiger partial charge in [-0.15, -0.1) is 0 Å². The molecule has 4 rings (SSSR count). The van der Waals surface area contributed by atoms with Crippen LogP contribution in [0, 0.1) is 17.3 Å². The van der Waals surface area contributed by atoms with Gasteiger partial charge in [0.05, 0.1) is 19.6 Å². The van der Waals surface area contributed by atoms with Crippen molar-refractivity contribution in [1.82, 2.24) is 4.90 Å². The second kappa shape index (κ2) is 9.03. The average molecular weight is 371 g/mol. The third-order valence-corrected chi connectivity index (χ3v) is 8.00. The van der Waals surface area contributed by atoms with Crippen molar-refractivity contribution in [3.63, 3.8) is 0 Å². The summed E-state index contributed by atoms with van der Waals surface area (Å²) in [7, 11) is 7.00. The fourth-order valence-corrected chi connectivity index (χ4v) is 6.93. The summed E-state index contributed by atoms with van der Waals surface area (Å²) in [5, 5.41) is 0. The lowest BCUT2D eigenvalue weighted by Crippen LogP contribution is -2.71. The van der Waals surface area contributed by atoms with Crippen LogP contribution in [0.3, 0.4) is 0 Å². The van der Waals surface area contributed by atoms with Crippen molar-refractivity contribution in [2.45, 2.75) is 91.5 Å². The molecular weight excluding hydrogens is 327 g/mol. The van der Waals surface area contributed by atoms with Crippen LogP contribution >= 0.6 is 0 Å². The monoisotopic (exact) mass is 371 g/mol. The molecule has 5 atom stereocenters. The highest BCUT2D eigenvalue weighted by molar-refractivity contribution is 5.97. The number of hydrogen-bond acceptors (Lipinski definition) is 1. The number of quaternary nitrogens is 1. The highest BCUT2D eigenvalue weighted by Crippen LogP contribution is 2.55. The Kier molecular flexibility index (Phi) is 7.17. The molecule has 2 fully saturated rings. The molecule has 0 saturated carbocycles. The fourth-order valence-electron chi connectivity index (χ4n) is 6.93. The summed E-state index contributed by atoms with van der Waals surface area (Å²) in [6.45, 7) is 15.7. The van der Waals surface area contributed by atoms with Gasteiger partial charge in [-0.1, -0.05) is 64.5 Å². The van der Waals surface area contributed by atoms with Crippen molar-refractivity contribution >= 4 is 7.98 Å². The maximum atomic E-state index is 7.00. The maximum Gasteiger partial charge on any atom is 0.481 e. The first-order valence-electron chi connectivity index (χ1n) is 12.0. The molecule has 152 valence electrons. The second-order valence-electron chi connectivity index (χ2n) is 10.3. The third kappa shape index (κ3) is 4.50. The van der Waals surface area contributed by atoms with Gasteiger partial charge in [-0.3, -0.25) is 4.90 Å². The van der Waals surface area contributed by atoms with Crippen molar-refractivity contribution < 1.29 is 4.39 Å². The molecule has 0 N–H and O–H groups in total. The summed E-state index contributed by atoms with van der Waals surface area (Å²) >= 11 is 0. The highest BCUT2D eigenvalue weighted by Gasteiger charge is 2.59. The van der Waals surface area contributed by atoms with Crippen molar-refractivity contribution in [3.05, 3.63) is 11.6 Å². The Morgan fingerprint density at radius 2 is 1.81 bits per heavy atom. The lowest BCUT2D eigenvalue weighted by Gasteiger charge is -2.64. The van der Waals surface area contributed by atoms with E-state index < -0.39 is 0 Å². The van der Waals surface area contributed by atoms with Crippen molar-refractivity contribution in [3.8, 4) is 0 Å². The van der Waals surface area contributed by atoms with E-state index in [4.69, 9.17) is 7.98 Å². The Hall–Kier alpha value is -0.275. The van der Waals surface area contributed by atoms with Crippen LogP contribution in [0.25, 0.3) is 0 Å². The standard InChI is InChI=1S/C24H44BN2/c1-5-7-9-11-14-26-18-21-17-20(3)23(26)24(4)19-27(25,16-13-22(21)24)15-12-10-8-6-2/h17,21-23H,5-16,18-19H2,1-4H3/q+1/t21-,22-,23-,24-,27-/m0/s1. The van der Waals surface area contributed by atoms with E-state index in [9.17, 15) is 0 Å². The molecule has 2 bridgehead atoms. The minimum Gasteiger partial charge on any atom is -0.396 e. The predicted octanol–water partition coefficient (Wildman–Crippen LogP) is 5.33. The van der Waals surface area contributed by atoms with Gasteiger partial charge in [-0.25, -0.2) is 0 Å². The van der Waals surface area contributed by atoms with E-state index in [2.05, 4.69) is 38.7 Å². The summed E-state index contributed by atoms with van der Waals surface area (Å²) in [5.74, 6) is 1.61. The van der Waals surface area contributed by atoms with Crippen LogP contribution in [0.2, 0.25) is 0 Å². The van der Waals surface area contributed by atoms with Gasteiger partial charge in [0.1, 0.15) is 0 Å². The molecule has 1 aliphatic carbocycles. The topological polar surface area (TPSA) is 3.24 Å². The molecule has 0 amide bonds. The number of nitrogens with zero attached hydrogens (tertiary/aromatic N) is 2. The number of hydrogen-bond donors (Lipinski definition) is 0. The van der Waals surface area contributed by atoms with Crippen LogP contribution < -0.4 is 0 Å². The lowest BCUT2D eigenvalue weighted by molar-refractivity contribution is -0.835. The molecule has 2 saturated heterocycles. The third-order valence-electron chi connectivity index (χ3n) is 8.00. The molecule has 3 heteroatoms. The van der Waals surface area contributed by atoms with Crippen molar-refractivity contribution in [1.29, 1.82) is 0 Å². The zero-order valence-electron chi connectivity index (χ0n) is 18.7. The minimum absolute atomic E-state index is 0.365. The Labute approximate surface area is 170 Å². The number of likely N-dealkylation sites (tertiary alicyclic amines) is 1. The molecule has 0 aromatic heterocycles. The fraction of sp³-hybridized carbons (Fsp3) is 0.917. The summed E-state index contributed by atoms with van der Waals surface area (Å²) in [5.41, 5.74) is 2.00. The Morgan fingerprint density at radius 3 is 2.52 bits per heavy atom. The van der Waals surface area contributed by atoms with Gasteiger partial charge >= 0.3 is 7.98 Å². The first-order chi connectivity index (χ1) is 12.9. The first kappa shape index (κ1) is 21.4. The van der Waals surface area contributed by atoms with Crippen molar-refractivity contribution in [2.24, 2.45) is 17.3 Å². The van der Waals surface area contributed by atoms with E-state index in [1.54, 1.807) is 5.57 Å². The molecule has 27 heavy (non-hydrogen) atoms. The Morgan fingerprint density at radius 1 is 1.11 bits per heavy atom. The van der Waals surface area contributed by atoms with E-state index >= 15 is 0 Å². The molecule has 2 radical (unpaired) electrons. The number of rotatable bonds is 10. The van der Waals surface area contributed by atoms with E-state index in [0.717, 1.165) is 16.2 Å². The normalized spacial score (nSPS) is 38.7. The molecule has 0 aromatic rings. The van der Waals surface area contributed by atoms with Gasteiger partial charge in [-0.05, 0) is 51.0 Å². The quantitative estimate of drug-likeness (QED) is 0.285. The van der Waals surface area contributed by atoms with Crippen LogP contribution in [0.15, 0.2) is 11.6 Å². The Balaban J connectivity index is 1.68. The van der Waals surface area contributed by atoms with Gasteiger partial charge < -0.3 is 4.39 Å². The average Bonchev–Trinajstić information content (AvgIpc) is 2.61. The lowest BCUT2D eigenvalue weighted by atomic mass is 9.54. The largest absolute Gasteiger partial charge is 0.481 e. The SMILES string of the molecule is [B][N@@+]1(CCCCCC)CC[C@H]2[C@H]3C=C(C)[C@H](N(CCCCCC)C3)[C@@]2(C)C1. The van der Waals surface area contributed by atoms with Crippen LogP contribution in [0.5, 0.6) is 0 Å². The van der Waals surface area contributed by atoms with Crippen LogP contribution in [0.4, 0.5) is 0 Å². The molecule has 0 spiro atoms. The van der Waals surface area contributed by atoms with Gasteiger partial charge in [0, 0.05) is 18.0 Å². The molecular formula is C24H44BN2+. The second-order valence-corrected chi connectivity index (χ2v) is 10.3. The summed E-state index contributed by atoms with van der Waals surface area (Å²) in [4.78, 5) is 2.85. The van der Waals surface area contributed by atoms with Gasteiger partial charge in [-0.2, -0.15) is 0 Å². The molecule has 3 heterocycles. The summed E-state index contributed by atoms with van der Waals surface area (Å²) in [6, 6.07) is 0.631. The first-order valence-corrected chi connectivity index (χ1v) is 12.0. The van der Waals surface area contributed by atoms with E-state index in [1.165, 1.54) is 90.5 Å². The van der Waals surface area contributed by atoms with Crippen LogP contribution in [0.1, 0.15) is 85.5 Å². The minimum atomic E-state index is 0.365. The zero-order valence-corrected chi connectivity index (χ0v) is 18.7. The van der Waals surface area contributed by atoms with Gasteiger partial charge in [0.15, 0.2) is 0 Å². The smallest absolute Gasteiger partial charge is 0.396 e. The van der Waals surface area contributed by atoms with Gasteiger partial charge in [0.2, 0.25) is 0 Å². The zero-order chi connectivity index (χ0) is 19.5. The van der Waals surface area contributed by atoms with Crippen LogP contribution in [-0.4, -0.2) is 56.0 Å². The summed E-state index contributed by atoms with van der Waals surface area (Å²) < 4.78 is 0.830. The van der Waals surface area contributed by atoms with Crippen molar-refractivity contribution in [2.75, 3.05) is 32.7 Å². The Bertz CT molecular complexity index is 519.